The van der Waals surface area contributed by atoms with Gasteiger partial charge in [-0.25, -0.2) is 19.6 Å². The van der Waals surface area contributed by atoms with E-state index < -0.39 is 17.7 Å². The lowest BCUT2D eigenvalue weighted by Crippen LogP contribution is -2.46. The zero-order valence-corrected chi connectivity index (χ0v) is 22.6. The van der Waals surface area contributed by atoms with E-state index in [1.54, 1.807) is 31.4 Å². The molecular weight excluding hydrogens is 560 g/mol. The lowest BCUT2D eigenvalue weighted by atomic mass is 9.91. The summed E-state index contributed by atoms with van der Waals surface area (Å²) in [6.45, 7) is 4.78. The topological polar surface area (TPSA) is 128 Å². The van der Waals surface area contributed by atoms with E-state index in [4.69, 9.17) is 4.98 Å². The summed E-state index contributed by atoms with van der Waals surface area (Å²) >= 11 is 5.16. The first-order valence-electron chi connectivity index (χ1n) is 11.7. The van der Waals surface area contributed by atoms with E-state index in [1.165, 1.54) is 9.80 Å². The number of hydrogen-bond acceptors (Lipinski definition) is 7. The molecule has 2 aliphatic heterocycles. The van der Waals surface area contributed by atoms with Crippen molar-refractivity contribution in [2.45, 2.75) is 31.8 Å². The van der Waals surface area contributed by atoms with E-state index in [1.807, 2.05) is 36.4 Å². The number of carbonyl (C=O) groups excluding carboxylic acids is 2. The molecule has 2 aliphatic rings. The molecule has 4 amide bonds. The van der Waals surface area contributed by atoms with Crippen molar-refractivity contribution in [3.05, 3.63) is 63.1 Å². The number of aromatic nitrogens is 2. The number of nitrogens with zero attached hydrogens (tertiary/aromatic N) is 4. The van der Waals surface area contributed by atoms with Crippen molar-refractivity contribution < 1.29 is 19.5 Å². The van der Waals surface area contributed by atoms with E-state index in [-0.39, 0.29) is 11.8 Å². The maximum atomic E-state index is 12.1. The van der Waals surface area contributed by atoms with Crippen LogP contribution >= 0.6 is 27.3 Å². The smallest absolute Gasteiger partial charge is 0.407 e. The number of hydrogen-bond donors (Lipinski definition) is 3. The van der Waals surface area contributed by atoms with Gasteiger partial charge in [0.25, 0.3) is 5.91 Å². The van der Waals surface area contributed by atoms with Crippen LogP contribution < -0.4 is 10.6 Å². The number of carbonyl (C=O) groups is 3. The molecule has 10 nitrogen and oxygen atoms in total. The van der Waals surface area contributed by atoms with Gasteiger partial charge in [-0.3, -0.25) is 10.1 Å². The zero-order chi connectivity index (χ0) is 26.3. The van der Waals surface area contributed by atoms with Crippen molar-refractivity contribution in [1.29, 1.82) is 0 Å². The molecule has 0 saturated carbocycles. The molecule has 0 radical (unpaired) electrons. The van der Waals surface area contributed by atoms with E-state index in [0.29, 0.717) is 42.3 Å². The maximum Gasteiger partial charge on any atom is 0.407 e. The fraction of sp³-hybridized carbons (Fsp3) is 0.320. The third-order valence-electron chi connectivity index (χ3n) is 6.69. The molecule has 1 fully saturated rings. The van der Waals surface area contributed by atoms with E-state index >= 15 is 0 Å². The molecule has 37 heavy (non-hydrogen) atoms. The number of carboxylic acid groups (broad SMARTS) is 1. The Morgan fingerprint density at radius 3 is 2.73 bits per heavy atom. The van der Waals surface area contributed by atoms with Gasteiger partial charge in [0.1, 0.15) is 5.54 Å². The Morgan fingerprint density at radius 1 is 1.30 bits per heavy atom. The van der Waals surface area contributed by atoms with Gasteiger partial charge in [0.05, 0.1) is 21.6 Å². The van der Waals surface area contributed by atoms with Crippen molar-refractivity contribution in [3.63, 3.8) is 0 Å². The van der Waals surface area contributed by atoms with Crippen LogP contribution in [0.15, 0.2) is 47.1 Å². The molecule has 4 heterocycles. The molecule has 0 spiro atoms. The van der Waals surface area contributed by atoms with Gasteiger partial charge >= 0.3 is 12.1 Å². The first-order chi connectivity index (χ1) is 17.6. The molecule has 192 valence electrons. The largest absolute Gasteiger partial charge is 0.465 e. The average Bonchev–Trinajstić information content (AvgIpc) is 3.38. The van der Waals surface area contributed by atoms with Crippen LogP contribution in [0.4, 0.5) is 15.5 Å². The Kier molecular flexibility index (Phi) is 6.63. The summed E-state index contributed by atoms with van der Waals surface area (Å²) in [5.74, 6) is 0.00683. The van der Waals surface area contributed by atoms with Gasteiger partial charge in [0, 0.05) is 36.6 Å². The molecule has 5 rings (SSSR count). The van der Waals surface area contributed by atoms with Crippen LogP contribution in [0.25, 0.3) is 10.6 Å². The molecule has 1 atom stereocenters. The number of fused-ring (bicyclic) bond motifs is 1. The second-order valence-corrected chi connectivity index (χ2v) is 11.4. The first kappa shape index (κ1) is 25.2. The minimum absolute atomic E-state index is 0.0596. The summed E-state index contributed by atoms with van der Waals surface area (Å²) in [6, 6.07) is 11.5. The standard InChI is InChI=1S/C25H25BrN6O4S/c1-25(2)21(33)30-23(34)32(25)9-8-27-22-28-11-17(26)19(29-22)18-10-15-12-31(24(35)36)13-16(20(15)37-18)14-6-4-3-5-7-14/h3-7,10-11,16H,8-9,12-13H2,1-2H3,(H,35,36)(H,27,28,29)(H,30,33,34). The zero-order valence-electron chi connectivity index (χ0n) is 20.2. The minimum atomic E-state index is -0.939. The highest BCUT2D eigenvalue weighted by Crippen LogP contribution is 2.43. The van der Waals surface area contributed by atoms with Crippen LogP contribution in [0.3, 0.4) is 0 Å². The molecule has 2 aromatic heterocycles. The van der Waals surface area contributed by atoms with Gasteiger partial charge in [0.15, 0.2) is 0 Å². The number of imide groups is 1. The van der Waals surface area contributed by atoms with Crippen LogP contribution in [-0.2, 0) is 11.3 Å². The Bertz CT molecular complexity index is 1380. The molecule has 1 unspecified atom stereocenters. The minimum Gasteiger partial charge on any atom is -0.465 e. The molecule has 0 aliphatic carbocycles. The summed E-state index contributed by atoms with van der Waals surface area (Å²) in [6.07, 6.45) is 0.725. The predicted molar refractivity (Wildman–Crippen MR) is 143 cm³/mol. The third kappa shape index (κ3) is 4.78. The molecule has 12 heteroatoms. The summed E-state index contributed by atoms with van der Waals surface area (Å²) in [5, 5.41) is 15.2. The van der Waals surface area contributed by atoms with Gasteiger partial charge in [-0.05, 0) is 47.0 Å². The molecule has 3 aromatic rings. The molecule has 0 bridgehead atoms. The van der Waals surface area contributed by atoms with Crippen molar-refractivity contribution in [2.24, 2.45) is 0 Å². The van der Waals surface area contributed by atoms with Crippen molar-refractivity contribution >= 4 is 51.2 Å². The maximum absolute atomic E-state index is 12.1. The summed E-state index contributed by atoms with van der Waals surface area (Å²) in [4.78, 5) is 49.9. The number of halogens is 1. The van der Waals surface area contributed by atoms with Gasteiger partial charge < -0.3 is 20.2 Å². The van der Waals surface area contributed by atoms with Crippen LogP contribution in [0.1, 0.15) is 35.8 Å². The number of anilines is 1. The number of thiophene rings is 1. The molecule has 1 saturated heterocycles. The van der Waals surface area contributed by atoms with Crippen molar-refractivity contribution in [2.75, 3.05) is 25.0 Å². The summed E-state index contributed by atoms with van der Waals surface area (Å²) < 4.78 is 0.716. The fourth-order valence-corrected chi connectivity index (χ4v) is 6.45. The number of urea groups is 1. The van der Waals surface area contributed by atoms with E-state index in [0.717, 1.165) is 20.9 Å². The highest BCUT2D eigenvalue weighted by molar-refractivity contribution is 9.10. The predicted octanol–water partition coefficient (Wildman–Crippen LogP) is 4.34. The SMILES string of the molecule is CC1(C)C(=O)NC(=O)N1CCNc1ncc(Br)c(-c2cc3c(s2)C(c2ccccc2)CN(C(=O)O)C3)n1. The lowest BCUT2D eigenvalue weighted by Gasteiger charge is -2.31. The normalized spacial score (nSPS) is 18.5. The number of amides is 4. The Balaban J connectivity index is 1.39. The van der Waals surface area contributed by atoms with Gasteiger partial charge in [-0.1, -0.05) is 30.3 Å². The molecule has 3 N–H and O–H groups in total. The average molecular weight is 585 g/mol. The fourth-order valence-electron chi connectivity index (χ4n) is 4.62. The molecule has 1 aromatic carbocycles. The monoisotopic (exact) mass is 584 g/mol. The Morgan fingerprint density at radius 2 is 2.05 bits per heavy atom. The summed E-state index contributed by atoms with van der Waals surface area (Å²) in [5.41, 5.74) is 1.81. The third-order valence-corrected chi connectivity index (χ3v) is 8.57. The quantitative estimate of drug-likeness (QED) is 0.368. The second kappa shape index (κ2) is 9.75. The van der Waals surface area contributed by atoms with Crippen LogP contribution in [0, 0.1) is 0 Å². The second-order valence-electron chi connectivity index (χ2n) is 9.41. The Labute approximate surface area is 225 Å². The first-order valence-corrected chi connectivity index (χ1v) is 13.3. The number of nitrogens with one attached hydrogen (secondary N) is 2. The highest BCUT2D eigenvalue weighted by Gasteiger charge is 2.45. The highest BCUT2D eigenvalue weighted by atomic mass is 79.9. The van der Waals surface area contributed by atoms with Crippen LogP contribution in [0.5, 0.6) is 0 Å². The summed E-state index contributed by atoms with van der Waals surface area (Å²) in [7, 11) is 0. The van der Waals surface area contributed by atoms with Gasteiger partial charge in [-0.2, -0.15) is 0 Å². The van der Waals surface area contributed by atoms with Crippen molar-refractivity contribution in [3.8, 4) is 10.6 Å². The van der Waals surface area contributed by atoms with Crippen LogP contribution in [0.2, 0.25) is 0 Å². The number of rotatable bonds is 6. The van der Waals surface area contributed by atoms with E-state index in [9.17, 15) is 19.5 Å². The van der Waals surface area contributed by atoms with E-state index in [2.05, 4.69) is 31.5 Å². The molecular formula is C25H25BrN6O4S. The number of benzene rings is 1. The lowest BCUT2D eigenvalue weighted by molar-refractivity contribution is -0.125. The Hall–Kier alpha value is -3.51. The van der Waals surface area contributed by atoms with Crippen molar-refractivity contribution in [1.82, 2.24) is 25.1 Å². The van der Waals surface area contributed by atoms with Gasteiger partial charge in [-0.15, -0.1) is 11.3 Å². The van der Waals surface area contributed by atoms with Crippen LogP contribution in [-0.4, -0.2) is 68.1 Å². The van der Waals surface area contributed by atoms with Gasteiger partial charge in [0.2, 0.25) is 5.95 Å².